The fraction of sp³-hybridized carbons (Fsp3) is 0.0536. The number of aliphatic imine (C=N–C) groups is 1. The van der Waals surface area contributed by atoms with Crippen LogP contribution in [0.5, 0.6) is 0 Å². The molecule has 0 spiro atoms. The second-order valence-electron chi connectivity index (χ2n) is 15.7. The van der Waals surface area contributed by atoms with E-state index < -0.39 is 0 Å². The first kappa shape index (κ1) is 34.0. The lowest BCUT2D eigenvalue weighted by atomic mass is 9.78. The van der Waals surface area contributed by atoms with Crippen LogP contribution in [-0.2, 0) is 5.41 Å². The van der Waals surface area contributed by atoms with Crippen molar-refractivity contribution in [2.75, 3.05) is 4.90 Å². The van der Waals surface area contributed by atoms with E-state index in [4.69, 9.17) is 0 Å². The van der Waals surface area contributed by atoms with Crippen LogP contribution in [0.1, 0.15) is 12.5 Å². The Kier molecular flexibility index (Phi) is 8.04. The smallest absolute Gasteiger partial charge is 0.0684 e. The predicted octanol–water partition coefficient (Wildman–Crippen LogP) is 14.7. The van der Waals surface area contributed by atoms with Gasteiger partial charge in [0.1, 0.15) is 0 Å². The minimum absolute atomic E-state index is 0.176. The Morgan fingerprint density at radius 3 is 1.45 bits per heavy atom. The molecule has 0 N–H and O–H groups in total. The highest BCUT2D eigenvalue weighted by Gasteiger charge is 2.47. The van der Waals surface area contributed by atoms with Crippen LogP contribution in [-0.4, -0.2) is 12.3 Å². The zero-order chi connectivity index (χ0) is 38.6. The van der Waals surface area contributed by atoms with Crippen LogP contribution in [0.25, 0.3) is 77.2 Å². The first-order valence-corrected chi connectivity index (χ1v) is 20.1. The predicted molar refractivity (Wildman–Crippen MR) is 246 cm³/mol. The molecular weight excluding hydrogens is 701 g/mol. The van der Waals surface area contributed by atoms with Crippen molar-refractivity contribution in [1.82, 2.24) is 0 Å². The van der Waals surface area contributed by atoms with Gasteiger partial charge in [-0.2, -0.15) is 0 Å². The summed E-state index contributed by atoms with van der Waals surface area (Å²) in [6.45, 7) is 2.31. The van der Waals surface area contributed by atoms with Crippen LogP contribution >= 0.6 is 0 Å². The van der Waals surface area contributed by atoms with Crippen LogP contribution in [0.3, 0.4) is 0 Å². The van der Waals surface area contributed by atoms with Crippen molar-refractivity contribution in [3.63, 3.8) is 0 Å². The molecule has 0 radical (unpaired) electrons. The summed E-state index contributed by atoms with van der Waals surface area (Å²) in [4.78, 5) is 7.07. The Bertz CT molecular complexity index is 3040. The topological polar surface area (TPSA) is 15.6 Å². The van der Waals surface area contributed by atoms with Gasteiger partial charge in [0.2, 0.25) is 0 Å². The highest BCUT2D eigenvalue weighted by atomic mass is 15.2. The molecule has 58 heavy (non-hydrogen) atoms. The minimum atomic E-state index is -0.219. The van der Waals surface area contributed by atoms with Gasteiger partial charge < -0.3 is 4.90 Å². The minimum Gasteiger partial charge on any atom is -0.333 e. The molecule has 2 unspecified atom stereocenters. The number of nitrogens with zero attached hydrogens (tertiary/aromatic N) is 2. The van der Waals surface area contributed by atoms with Gasteiger partial charge in [-0.15, -0.1) is 0 Å². The third-order valence-electron chi connectivity index (χ3n) is 12.4. The molecule has 0 saturated heterocycles. The number of para-hydroxylation sites is 1. The van der Waals surface area contributed by atoms with Crippen molar-refractivity contribution in [2.45, 2.75) is 18.4 Å². The fourth-order valence-electron chi connectivity index (χ4n) is 9.48. The molecule has 0 saturated carbocycles. The SMILES string of the molecule is CC12C=NC=CC1N(c1ccccc1)c1ccc(-c3ccc(-c4ccc(-c5ccc6c(-c7ccccc7)c7ccccc7c(-c7ccccc7)c6c5)cc4)cc3)cc12. The molecule has 0 amide bonds. The molecule has 2 aliphatic heterocycles. The molecule has 2 nitrogen and oxygen atoms in total. The zero-order valence-corrected chi connectivity index (χ0v) is 32.3. The summed E-state index contributed by atoms with van der Waals surface area (Å²) in [5.74, 6) is 0. The second kappa shape index (κ2) is 13.7. The summed E-state index contributed by atoms with van der Waals surface area (Å²) in [5.41, 5.74) is 15.8. The average Bonchev–Trinajstić information content (AvgIpc) is 3.56. The lowest BCUT2D eigenvalue weighted by Crippen LogP contribution is -2.41. The van der Waals surface area contributed by atoms with Gasteiger partial charge in [-0.3, -0.25) is 4.99 Å². The van der Waals surface area contributed by atoms with Crippen molar-refractivity contribution in [1.29, 1.82) is 0 Å². The van der Waals surface area contributed by atoms with Gasteiger partial charge in [-0.25, -0.2) is 0 Å². The van der Waals surface area contributed by atoms with Crippen LogP contribution in [0.2, 0.25) is 0 Å². The van der Waals surface area contributed by atoms with E-state index in [0.29, 0.717) is 0 Å². The molecule has 0 bridgehead atoms. The fourth-order valence-corrected chi connectivity index (χ4v) is 9.48. The summed E-state index contributed by atoms with van der Waals surface area (Å²) < 4.78 is 0. The number of hydrogen-bond acceptors (Lipinski definition) is 2. The van der Waals surface area contributed by atoms with Crippen LogP contribution in [0.15, 0.2) is 217 Å². The van der Waals surface area contributed by atoms with Crippen LogP contribution in [0, 0.1) is 0 Å². The van der Waals surface area contributed by atoms with E-state index in [0.717, 1.165) is 0 Å². The van der Waals surface area contributed by atoms with Crippen molar-refractivity contribution in [3.05, 3.63) is 218 Å². The maximum absolute atomic E-state index is 4.61. The molecule has 9 aromatic rings. The first-order valence-electron chi connectivity index (χ1n) is 20.1. The van der Waals surface area contributed by atoms with E-state index in [1.165, 1.54) is 94.1 Å². The van der Waals surface area contributed by atoms with E-state index in [1.807, 2.05) is 6.20 Å². The van der Waals surface area contributed by atoms with Crippen LogP contribution < -0.4 is 4.90 Å². The Labute approximate surface area is 339 Å². The van der Waals surface area contributed by atoms with Gasteiger partial charge in [-0.05, 0) is 126 Å². The number of benzene rings is 9. The summed E-state index contributed by atoms with van der Waals surface area (Å²) in [5, 5.41) is 5.06. The molecule has 2 heterocycles. The van der Waals surface area contributed by atoms with E-state index in [9.17, 15) is 0 Å². The third-order valence-corrected chi connectivity index (χ3v) is 12.4. The Morgan fingerprint density at radius 2 is 0.862 bits per heavy atom. The molecule has 0 fully saturated rings. The molecule has 0 aromatic heterocycles. The standard InChI is InChI=1S/C56H40N2/c1-56-37-57-34-33-53(56)58(46-17-9-4-10-18-46)52-32-30-45(36-51(52)56)41-27-23-39(24-28-41)38-21-25-40(26-22-38)44-29-31-49-50(35-44)55(43-15-7-3-8-16-43)48-20-12-11-19-47(48)54(49)42-13-5-2-6-14-42/h2-37,53H,1H3. The van der Waals surface area contributed by atoms with E-state index in [2.05, 4.69) is 229 Å². The number of anilines is 2. The average molecular weight is 741 g/mol. The van der Waals surface area contributed by atoms with Gasteiger partial charge in [0.15, 0.2) is 0 Å². The van der Waals surface area contributed by atoms with Gasteiger partial charge in [-0.1, -0.05) is 170 Å². The maximum atomic E-state index is 4.61. The van der Waals surface area contributed by atoms with Crippen molar-refractivity contribution < 1.29 is 0 Å². The van der Waals surface area contributed by atoms with Crippen molar-refractivity contribution >= 4 is 39.1 Å². The van der Waals surface area contributed by atoms with E-state index >= 15 is 0 Å². The molecule has 11 rings (SSSR count). The first-order chi connectivity index (χ1) is 28.6. The number of hydrogen-bond donors (Lipinski definition) is 0. The zero-order valence-electron chi connectivity index (χ0n) is 32.3. The third kappa shape index (κ3) is 5.52. The molecule has 0 aliphatic carbocycles. The Morgan fingerprint density at radius 1 is 0.414 bits per heavy atom. The Balaban J connectivity index is 0.936. The quantitative estimate of drug-likeness (QED) is 0.155. The molecule has 2 heteroatoms. The highest BCUT2D eigenvalue weighted by Crippen LogP contribution is 2.51. The summed E-state index contributed by atoms with van der Waals surface area (Å²) in [6, 6.07) is 73.4. The van der Waals surface area contributed by atoms with E-state index in [-0.39, 0.29) is 11.5 Å². The Hall–Kier alpha value is -7.29. The van der Waals surface area contributed by atoms with Gasteiger partial charge >= 0.3 is 0 Å². The molecule has 2 atom stereocenters. The lowest BCUT2D eigenvalue weighted by molar-refractivity contribution is 0.596. The van der Waals surface area contributed by atoms with Gasteiger partial charge in [0.25, 0.3) is 0 Å². The van der Waals surface area contributed by atoms with E-state index in [1.54, 1.807) is 0 Å². The number of rotatable bonds is 6. The normalized spacial score (nSPS) is 16.8. The highest BCUT2D eigenvalue weighted by molar-refractivity contribution is 6.22. The van der Waals surface area contributed by atoms with Gasteiger partial charge in [0, 0.05) is 23.8 Å². The monoisotopic (exact) mass is 740 g/mol. The van der Waals surface area contributed by atoms with Gasteiger partial charge in [0.05, 0.1) is 11.5 Å². The summed E-state index contributed by atoms with van der Waals surface area (Å²) in [7, 11) is 0. The largest absolute Gasteiger partial charge is 0.333 e. The molecule has 2 aliphatic rings. The molecular formula is C56H40N2. The number of fused-ring (bicyclic) bond motifs is 5. The maximum Gasteiger partial charge on any atom is 0.0684 e. The lowest BCUT2D eigenvalue weighted by Gasteiger charge is -2.33. The van der Waals surface area contributed by atoms with Crippen molar-refractivity contribution in [3.8, 4) is 55.6 Å². The second-order valence-corrected chi connectivity index (χ2v) is 15.7. The summed E-state index contributed by atoms with van der Waals surface area (Å²) >= 11 is 0. The molecule has 274 valence electrons. The molecule has 9 aromatic carbocycles. The summed E-state index contributed by atoms with van der Waals surface area (Å²) in [6.07, 6.45) is 6.30. The van der Waals surface area contributed by atoms with Crippen molar-refractivity contribution in [2.24, 2.45) is 4.99 Å². The van der Waals surface area contributed by atoms with Crippen LogP contribution in [0.4, 0.5) is 11.4 Å².